The number of carbonyl (C=O) groups excluding carboxylic acids is 2. The highest BCUT2D eigenvalue weighted by Crippen LogP contribution is 2.15. The first-order chi connectivity index (χ1) is 11.4. The van der Waals surface area contributed by atoms with Crippen molar-refractivity contribution in [2.75, 3.05) is 26.2 Å². The number of carbonyl (C=O) groups is 2. The van der Waals surface area contributed by atoms with E-state index in [0.717, 1.165) is 5.56 Å². The summed E-state index contributed by atoms with van der Waals surface area (Å²) in [4.78, 5) is 28.3. The predicted molar refractivity (Wildman–Crippen MR) is 91.9 cm³/mol. The van der Waals surface area contributed by atoms with Crippen LogP contribution in [0.1, 0.15) is 32.8 Å². The van der Waals surface area contributed by atoms with Crippen molar-refractivity contribution in [2.24, 2.45) is 11.8 Å². The highest BCUT2D eigenvalue weighted by molar-refractivity contribution is 5.80. The molecule has 2 amide bonds. The molecule has 5 heteroatoms. The second-order valence-corrected chi connectivity index (χ2v) is 7.04. The molecule has 1 unspecified atom stereocenters. The SMILES string of the molecule is CC(C)CC(=O)N1CCN(C(=O)C(C)Cc2ccc(F)cc2)CC1. The van der Waals surface area contributed by atoms with Crippen LogP contribution in [0.5, 0.6) is 0 Å². The van der Waals surface area contributed by atoms with E-state index in [1.165, 1.54) is 12.1 Å². The molecule has 1 fully saturated rings. The number of piperazine rings is 1. The molecule has 0 spiro atoms. The van der Waals surface area contributed by atoms with Gasteiger partial charge in [-0.1, -0.05) is 32.9 Å². The highest BCUT2D eigenvalue weighted by Gasteiger charge is 2.27. The van der Waals surface area contributed by atoms with Crippen LogP contribution in [0.3, 0.4) is 0 Å². The zero-order valence-corrected chi connectivity index (χ0v) is 14.8. The minimum absolute atomic E-state index is 0.107. The second-order valence-electron chi connectivity index (χ2n) is 7.04. The molecule has 1 aromatic carbocycles. The van der Waals surface area contributed by atoms with Crippen molar-refractivity contribution in [3.8, 4) is 0 Å². The topological polar surface area (TPSA) is 40.6 Å². The van der Waals surface area contributed by atoms with Gasteiger partial charge in [-0.25, -0.2) is 4.39 Å². The first-order valence-corrected chi connectivity index (χ1v) is 8.68. The van der Waals surface area contributed by atoms with E-state index in [9.17, 15) is 14.0 Å². The minimum Gasteiger partial charge on any atom is -0.339 e. The third-order valence-electron chi connectivity index (χ3n) is 4.40. The Kier molecular flexibility index (Phi) is 6.35. The Morgan fingerprint density at radius 2 is 1.54 bits per heavy atom. The molecule has 0 N–H and O–H groups in total. The van der Waals surface area contributed by atoms with Gasteiger partial charge in [0.1, 0.15) is 5.82 Å². The predicted octanol–water partition coefficient (Wildman–Crippen LogP) is 2.72. The first-order valence-electron chi connectivity index (χ1n) is 8.68. The zero-order chi connectivity index (χ0) is 17.7. The van der Waals surface area contributed by atoms with Gasteiger partial charge in [-0.05, 0) is 30.0 Å². The molecule has 2 rings (SSSR count). The van der Waals surface area contributed by atoms with Gasteiger partial charge in [0.05, 0.1) is 0 Å². The van der Waals surface area contributed by atoms with Crippen LogP contribution in [0, 0.1) is 17.7 Å². The molecule has 1 aromatic rings. The van der Waals surface area contributed by atoms with Crippen molar-refractivity contribution in [3.63, 3.8) is 0 Å². The summed E-state index contributed by atoms with van der Waals surface area (Å²) in [7, 11) is 0. The van der Waals surface area contributed by atoms with Crippen LogP contribution in [-0.2, 0) is 16.0 Å². The molecule has 4 nitrogen and oxygen atoms in total. The molecule has 0 bridgehead atoms. The third kappa shape index (κ3) is 5.05. The van der Waals surface area contributed by atoms with Crippen LogP contribution in [0.25, 0.3) is 0 Å². The summed E-state index contributed by atoms with van der Waals surface area (Å²) in [6.45, 7) is 8.39. The molecule has 1 saturated heterocycles. The average Bonchev–Trinajstić information content (AvgIpc) is 2.55. The monoisotopic (exact) mass is 334 g/mol. The number of amides is 2. The van der Waals surface area contributed by atoms with Gasteiger partial charge in [-0.15, -0.1) is 0 Å². The van der Waals surface area contributed by atoms with Gasteiger partial charge in [-0.3, -0.25) is 9.59 Å². The van der Waals surface area contributed by atoms with Crippen molar-refractivity contribution >= 4 is 11.8 Å². The van der Waals surface area contributed by atoms with Crippen LogP contribution in [-0.4, -0.2) is 47.8 Å². The Morgan fingerprint density at radius 3 is 2.08 bits per heavy atom. The number of nitrogens with zero attached hydrogens (tertiary/aromatic N) is 2. The zero-order valence-electron chi connectivity index (χ0n) is 14.8. The Bertz CT molecular complexity index is 563. The number of benzene rings is 1. The van der Waals surface area contributed by atoms with Gasteiger partial charge in [0, 0.05) is 38.5 Å². The molecule has 132 valence electrons. The molecule has 1 heterocycles. The van der Waals surface area contributed by atoms with Gasteiger partial charge in [0.25, 0.3) is 0 Å². The molecule has 0 aliphatic carbocycles. The summed E-state index contributed by atoms with van der Waals surface area (Å²) >= 11 is 0. The lowest BCUT2D eigenvalue weighted by atomic mass is 9.99. The summed E-state index contributed by atoms with van der Waals surface area (Å²) in [6.07, 6.45) is 1.17. The van der Waals surface area contributed by atoms with E-state index in [-0.39, 0.29) is 23.5 Å². The van der Waals surface area contributed by atoms with Gasteiger partial charge in [0.15, 0.2) is 0 Å². The summed E-state index contributed by atoms with van der Waals surface area (Å²) in [6, 6.07) is 6.29. The molecular formula is C19H27FN2O2. The van der Waals surface area contributed by atoms with Gasteiger partial charge in [0.2, 0.25) is 11.8 Å². The van der Waals surface area contributed by atoms with Gasteiger partial charge >= 0.3 is 0 Å². The Balaban J connectivity index is 1.83. The molecule has 0 aromatic heterocycles. The highest BCUT2D eigenvalue weighted by atomic mass is 19.1. The maximum Gasteiger partial charge on any atom is 0.225 e. The lowest BCUT2D eigenvalue weighted by Gasteiger charge is -2.36. The lowest BCUT2D eigenvalue weighted by molar-refractivity contribution is -0.142. The Labute approximate surface area is 143 Å². The maximum atomic E-state index is 12.9. The Morgan fingerprint density at radius 1 is 1.00 bits per heavy atom. The molecule has 0 saturated carbocycles. The molecule has 24 heavy (non-hydrogen) atoms. The van der Waals surface area contributed by atoms with E-state index in [0.29, 0.717) is 44.9 Å². The van der Waals surface area contributed by atoms with E-state index in [1.807, 2.05) is 30.6 Å². The summed E-state index contributed by atoms with van der Waals surface area (Å²) in [5, 5.41) is 0. The molecule has 0 radical (unpaired) electrons. The van der Waals surface area contributed by atoms with E-state index in [2.05, 4.69) is 0 Å². The quantitative estimate of drug-likeness (QED) is 0.831. The van der Waals surface area contributed by atoms with Crippen LogP contribution >= 0.6 is 0 Å². The molecule has 1 aliphatic heterocycles. The van der Waals surface area contributed by atoms with Gasteiger partial charge in [-0.2, -0.15) is 0 Å². The van der Waals surface area contributed by atoms with Crippen molar-refractivity contribution < 1.29 is 14.0 Å². The third-order valence-corrected chi connectivity index (χ3v) is 4.40. The van der Waals surface area contributed by atoms with E-state index in [4.69, 9.17) is 0 Å². The van der Waals surface area contributed by atoms with Crippen molar-refractivity contribution in [1.82, 2.24) is 9.80 Å². The normalized spacial score (nSPS) is 16.4. The number of hydrogen-bond donors (Lipinski definition) is 0. The fourth-order valence-corrected chi connectivity index (χ4v) is 3.03. The summed E-state index contributed by atoms with van der Waals surface area (Å²) in [5.74, 6) is 0.230. The number of halogens is 1. The standard InChI is InChI=1S/C19H27FN2O2/c1-14(2)12-18(23)21-8-10-22(11-9-21)19(24)15(3)13-16-4-6-17(20)7-5-16/h4-7,14-15H,8-13H2,1-3H3. The minimum atomic E-state index is -0.264. The van der Waals surface area contributed by atoms with Crippen molar-refractivity contribution in [3.05, 3.63) is 35.6 Å². The fraction of sp³-hybridized carbons (Fsp3) is 0.579. The second kappa shape index (κ2) is 8.27. The van der Waals surface area contributed by atoms with E-state index < -0.39 is 0 Å². The number of hydrogen-bond acceptors (Lipinski definition) is 2. The van der Waals surface area contributed by atoms with Gasteiger partial charge < -0.3 is 9.80 Å². The number of rotatable bonds is 5. The van der Waals surface area contributed by atoms with Crippen LogP contribution in [0.2, 0.25) is 0 Å². The molecule has 1 atom stereocenters. The van der Waals surface area contributed by atoms with Crippen molar-refractivity contribution in [1.29, 1.82) is 0 Å². The van der Waals surface area contributed by atoms with Crippen LogP contribution < -0.4 is 0 Å². The lowest BCUT2D eigenvalue weighted by Crippen LogP contribution is -2.52. The Hall–Kier alpha value is -1.91. The van der Waals surface area contributed by atoms with E-state index >= 15 is 0 Å². The fourth-order valence-electron chi connectivity index (χ4n) is 3.03. The van der Waals surface area contributed by atoms with Crippen LogP contribution in [0.4, 0.5) is 4.39 Å². The van der Waals surface area contributed by atoms with Crippen LogP contribution in [0.15, 0.2) is 24.3 Å². The smallest absolute Gasteiger partial charge is 0.225 e. The molecule has 1 aliphatic rings. The molecular weight excluding hydrogens is 307 g/mol. The maximum absolute atomic E-state index is 12.9. The summed E-state index contributed by atoms with van der Waals surface area (Å²) < 4.78 is 12.9. The summed E-state index contributed by atoms with van der Waals surface area (Å²) in [5.41, 5.74) is 0.961. The average molecular weight is 334 g/mol. The largest absolute Gasteiger partial charge is 0.339 e. The van der Waals surface area contributed by atoms with E-state index in [1.54, 1.807) is 12.1 Å². The van der Waals surface area contributed by atoms with Crippen molar-refractivity contribution in [2.45, 2.75) is 33.6 Å². The first kappa shape index (κ1) is 18.4.